The minimum Gasteiger partial charge on any atom is -0.103 e. The zero-order valence-electron chi connectivity index (χ0n) is 8.68. The van der Waals surface area contributed by atoms with Gasteiger partial charge in [-0.25, -0.2) is 0 Å². The number of hydrogen-bond donors (Lipinski definition) is 0. The summed E-state index contributed by atoms with van der Waals surface area (Å²) in [5.74, 6) is 0.847. The second-order valence-electron chi connectivity index (χ2n) is 3.47. The van der Waals surface area contributed by atoms with Crippen molar-refractivity contribution in [2.24, 2.45) is 5.92 Å². The molecule has 0 saturated heterocycles. The average Bonchev–Trinajstić information content (AvgIpc) is 2.10. The highest BCUT2D eigenvalue weighted by molar-refractivity contribution is 6.35. The van der Waals surface area contributed by atoms with Crippen LogP contribution in [0.1, 0.15) is 39.5 Å². The average molecular weight is 165 g/mol. The summed E-state index contributed by atoms with van der Waals surface area (Å²) in [5, 5.41) is 0. The van der Waals surface area contributed by atoms with Gasteiger partial charge in [0, 0.05) is 0 Å². The van der Waals surface area contributed by atoms with Crippen molar-refractivity contribution in [3.63, 3.8) is 0 Å². The van der Waals surface area contributed by atoms with Crippen LogP contribution < -0.4 is 0 Å². The highest BCUT2D eigenvalue weighted by Gasteiger charge is 2.03. The van der Waals surface area contributed by atoms with E-state index in [0.717, 1.165) is 5.92 Å². The molecule has 0 fully saturated rings. The van der Waals surface area contributed by atoms with Crippen molar-refractivity contribution >= 4 is 7.28 Å². The molecule has 0 amide bonds. The van der Waals surface area contributed by atoms with Gasteiger partial charge in [-0.3, -0.25) is 0 Å². The van der Waals surface area contributed by atoms with E-state index >= 15 is 0 Å². The van der Waals surface area contributed by atoms with Crippen molar-refractivity contribution < 1.29 is 0 Å². The molecule has 0 bridgehead atoms. The van der Waals surface area contributed by atoms with Crippen LogP contribution in [0.15, 0.2) is 12.7 Å². The minimum absolute atomic E-state index is 0.847. The van der Waals surface area contributed by atoms with Gasteiger partial charge >= 0.3 is 0 Å². The summed E-state index contributed by atoms with van der Waals surface area (Å²) in [5.41, 5.74) is 0. The lowest BCUT2D eigenvalue weighted by Gasteiger charge is -2.10. The van der Waals surface area contributed by atoms with E-state index < -0.39 is 0 Å². The van der Waals surface area contributed by atoms with Crippen LogP contribution >= 0.6 is 0 Å². The molecular formula is C11H22B. The van der Waals surface area contributed by atoms with Gasteiger partial charge in [0.05, 0.1) is 0 Å². The molecule has 0 aliphatic rings. The van der Waals surface area contributed by atoms with E-state index in [1.54, 1.807) is 0 Å². The lowest BCUT2D eigenvalue weighted by molar-refractivity contribution is 0.568. The molecule has 0 N–H and O–H groups in total. The molecule has 69 valence electrons. The molecule has 12 heavy (non-hydrogen) atoms. The van der Waals surface area contributed by atoms with Crippen molar-refractivity contribution in [2.75, 3.05) is 0 Å². The Bertz CT molecular complexity index is 99.2. The molecule has 0 heterocycles. The summed E-state index contributed by atoms with van der Waals surface area (Å²) >= 11 is 0. The monoisotopic (exact) mass is 165 g/mol. The number of rotatable bonds is 8. The first-order valence-corrected chi connectivity index (χ1v) is 5.27. The van der Waals surface area contributed by atoms with Gasteiger partial charge in [0.25, 0.3) is 0 Å². The van der Waals surface area contributed by atoms with Crippen LogP contribution in [-0.2, 0) is 0 Å². The Morgan fingerprint density at radius 3 is 2.67 bits per heavy atom. The van der Waals surface area contributed by atoms with Crippen molar-refractivity contribution in [1.82, 2.24) is 0 Å². The van der Waals surface area contributed by atoms with Crippen LogP contribution in [0.2, 0.25) is 12.6 Å². The molecule has 1 radical (unpaired) electrons. The van der Waals surface area contributed by atoms with Crippen LogP contribution in [-0.4, -0.2) is 7.28 Å². The van der Waals surface area contributed by atoms with Gasteiger partial charge in [-0.05, 0) is 12.3 Å². The SMILES string of the molecule is C=CCC(CC)C[B]CCCC. The summed E-state index contributed by atoms with van der Waals surface area (Å²) in [7, 11) is 2.45. The van der Waals surface area contributed by atoms with Crippen molar-refractivity contribution in [1.29, 1.82) is 0 Å². The molecule has 0 aromatic rings. The number of unbranched alkanes of at least 4 members (excludes halogenated alkanes) is 1. The fourth-order valence-electron chi connectivity index (χ4n) is 1.37. The molecule has 0 aromatic carbocycles. The van der Waals surface area contributed by atoms with Crippen molar-refractivity contribution in [3.8, 4) is 0 Å². The highest BCUT2D eigenvalue weighted by atomic mass is 14.0. The second kappa shape index (κ2) is 8.90. The van der Waals surface area contributed by atoms with Gasteiger partial charge in [0.15, 0.2) is 0 Å². The summed E-state index contributed by atoms with van der Waals surface area (Å²) in [4.78, 5) is 0. The van der Waals surface area contributed by atoms with E-state index in [1.807, 2.05) is 6.08 Å². The maximum Gasteiger partial charge on any atom is 0.109 e. The van der Waals surface area contributed by atoms with Gasteiger partial charge in [-0.1, -0.05) is 51.8 Å². The quantitative estimate of drug-likeness (QED) is 0.290. The van der Waals surface area contributed by atoms with E-state index in [2.05, 4.69) is 27.7 Å². The standard InChI is InChI=1S/C11H22B/c1-4-7-9-12-10-11(6-3)8-5-2/h5,11H,2,4,6-10H2,1,3H3. The summed E-state index contributed by atoms with van der Waals surface area (Å²) < 4.78 is 0. The third-order valence-electron chi connectivity index (χ3n) is 2.34. The third kappa shape index (κ3) is 6.51. The van der Waals surface area contributed by atoms with E-state index in [1.165, 1.54) is 38.3 Å². The highest BCUT2D eigenvalue weighted by Crippen LogP contribution is 2.14. The zero-order chi connectivity index (χ0) is 9.23. The van der Waals surface area contributed by atoms with Crippen LogP contribution in [0.5, 0.6) is 0 Å². The Kier molecular flexibility index (Phi) is 8.75. The predicted molar refractivity (Wildman–Crippen MR) is 58.9 cm³/mol. The maximum atomic E-state index is 3.78. The van der Waals surface area contributed by atoms with Crippen molar-refractivity contribution in [3.05, 3.63) is 12.7 Å². The first-order chi connectivity index (χ1) is 5.85. The van der Waals surface area contributed by atoms with Crippen LogP contribution in [0.25, 0.3) is 0 Å². The lowest BCUT2D eigenvalue weighted by Crippen LogP contribution is -2.01. The van der Waals surface area contributed by atoms with Crippen LogP contribution in [0.3, 0.4) is 0 Å². The van der Waals surface area contributed by atoms with Gasteiger partial charge in [0.2, 0.25) is 0 Å². The third-order valence-corrected chi connectivity index (χ3v) is 2.34. The fraction of sp³-hybridized carbons (Fsp3) is 0.818. The van der Waals surface area contributed by atoms with Gasteiger partial charge in [0.1, 0.15) is 7.28 Å². The lowest BCUT2D eigenvalue weighted by atomic mass is 9.65. The molecule has 0 aliphatic carbocycles. The molecule has 0 spiro atoms. The second-order valence-corrected chi connectivity index (χ2v) is 3.47. The first kappa shape index (κ1) is 11.8. The fourth-order valence-corrected chi connectivity index (χ4v) is 1.37. The minimum atomic E-state index is 0.847. The molecule has 0 aliphatic heterocycles. The van der Waals surface area contributed by atoms with Crippen LogP contribution in [0, 0.1) is 5.92 Å². The molecular weight excluding hydrogens is 143 g/mol. The Balaban J connectivity index is 3.25. The Morgan fingerprint density at radius 1 is 1.42 bits per heavy atom. The topological polar surface area (TPSA) is 0 Å². The molecule has 1 atom stereocenters. The zero-order valence-corrected chi connectivity index (χ0v) is 8.68. The molecule has 0 saturated carbocycles. The Morgan fingerprint density at radius 2 is 2.17 bits per heavy atom. The largest absolute Gasteiger partial charge is 0.109 e. The maximum absolute atomic E-state index is 3.78. The van der Waals surface area contributed by atoms with E-state index in [9.17, 15) is 0 Å². The van der Waals surface area contributed by atoms with Gasteiger partial charge in [-0.15, -0.1) is 6.58 Å². The van der Waals surface area contributed by atoms with E-state index in [-0.39, 0.29) is 0 Å². The van der Waals surface area contributed by atoms with Gasteiger partial charge in [-0.2, -0.15) is 0 Å². The molecule has 0 rings (SSSR count). The van der Waals surface area contributed by atoms with Gasteiger partial charge < -0.3 is 0 Å². The summed E-state index contributed by atoms with van der Waals surface area (Å²) in [6.45, 7) is 8.29. The summed E-state index contributed by atoms with van der Waals surface area (Å²) in [6.07, 6.45) is 9.75. The number of hydrogen-bond acceptors (Lipinski definition) is 0. The van der Waals surface area contributed by atoms with E-state index in [4.69, 9.17) is 0 Å². The molecule has 0 aromatic heterocycles. The van der Waals surface area contributed by atoms with Crippen molar-refractivity contribution in [2.45, 2.75) is 52.2 Å². The Hall–Kier alpha value is -0.195. The van der Waals surface area contributed by atoms with Crippen LogP contribution in [0.4, 0.5) is 0 Å². The first-order valence-electron chi connectivity index (χ1n) is 5.27. The molecule has 1 heteroatoms. The molecule has 1 unspecified atom stereocenters. The number of allylic oxidation sites excluding steroid dienone is 1. The van der Waals surface area contributed by atoms with E-state index in [0.29, 0.717) is 0 Å². The summed E-state index contributed by atoms with van der Waals surface area (Å²) in [6, 6.07) is 0. The predicted octanol–water partition coefficient (Wildman–Crippen LogP) is 3.93. The normalized spacial score (nSPS) is 12.5. The molecule has 0 nitrogen and oxygen atoms in total. The smallest absolute Gasteiger partial charge is 0.103 e. The Labute approximate surface area is 78.7 Å².